The molecule has 1 rings (SSSR count). The van der Waals surface area contributed by atoms with Crippen LogP contribution >= 0.6 is 0 Å². The molecule has 0 aliphatic carbocycles. The molecule has 0 unspecified atom stereocenters. The molecule has 0 aromatic heterocycles. The van der Waals surface area contributed by atoms with Crippen LogP contribution in [-0.4, -0.2) is 30.7 Å². The normalized spacial score (nSPS) is 11.4. The highest BCUT2D eigenvalue weighted by molar-refractivity contribution is 5.39. The zero-order valence-corrected chi connectivity index (χ0v) is 11.9. The highest BCUT2D eigenvalue weighted by Gasteiger charge is 2.09. The Labute approximate surface area is 111 Å². The highest BCUT2D eigenvalue weighted by Crippen LogP contribution is 2.10. The van der Waals surface area contributed by atoms with Gasteiger partial charge in [0.2, 0.25) is 0 Å². The summed E-state index contributed by atoms with van der Waals surface area (Å²) in [6.07, 6.45) is 1.08. The summed E-state index contributed by atoms with van der Waals surface area (Å²) in [5.74, 6) is 0. The minimum absolute atomic E-state index is 0.521. The fourth-order valence-corrected chi connectivity index (χ4v) is 1.81. The third-order valence-corrected chi connectivity index (χ3v) is 2.97. The predicted octanol–water partition coefficient (Wildman–Crippen LogP) is 2.91. The molecule has 2 N–H and O–H groups in total. The summed E-state index contributed by atoms with van der Waals surface area (Å²) in [6.45, 7) is 10.2. The Morgan fingerprint density at radius 3 is 2.39 bits per heavy atom. The van der Waals surface area contributed by atoms with Gasteiger partial charge in [-0.1, -0.05) is 19.1 Å². The second-order valence-electron chi connectivity index (χ2n) is 4.92. The summed E-state index contributed by atoms with van der Waals surface area (Å²) in [5.41, 5.74) is 7.82. The van der Waals surface area contributed by atoms with Gasteiger partial charge >= 0.3 is 0 Å². The molecule has 0 aliphatic rings. The molecule has 0 bridgehead atoms. The van der Waals surface area contributed by atoms with Crippen molar-refractivity contribution >= 4 is 5.69 Å². The fourth-order valence-electron chi connectivity index (χ4n) is 1.81. The van der Waals surface area contributed by atoms with E-state index < -0.39 is 0 Å². The van der Waals surface area contributed by atoms with Crippen LogP contribution in [0.25, 0.3) is 0 Å². The Kier molecular flexibility index (Phi) is 6.76. The van der Waals surface area contributed by atoms with Crippen molar-refractivity contribution in [1.29, 1.82) is 0 Å². The zero-order chi connectivity index (χ0) is 13.4. The van der Waals surface area contributed by atoms with E-state index in [1.54, 1.807) is 0 Å². The summed E-state index contributed by atoms with van der Waals surface area (Å²) in [5, 5.41) is 0. The van der Waals surface area contributed by atoms with Crippen LogP contribution in [0.4, 0.5) is 5.69 Å². The first-order valence-corrected chi connectivity index (χ1v) is 6.79. The Morgan fingerprint density at radius 2 is 1.83 bits per heavy atom. The number of benzene rings is 1. The van der Waals surface area contributed by atoms with Crippen LogP contribution in [0, 0.1) is 0 Å². The van der Waals surface area contributed by atoms with Crippen molar-refractivity contribution in [2.75, 3.05) is 25.5 Å². The van der Waals surface area contributed by atoms with Gasteiger partial charge in [-0.05, 0) is 38.0 Å². The molecule has 0 saturated carbocycles. The number of hydrogen-bond acceptors (Lipinski definition) is 3. The molecule has 3 heteroatoms. The minimum Gasteiger partial charge on any atom is -0.399 e. The maximum absolute atomic E-state index is 5.70. The summed E-state index contributed by atoms with van der Waals surface area (Å²) in [7, 11) is 0. The van der Waals surface area contributed by atoms with Crippen LogP contribution in [-0.2, 0) is 11.3 Å². The molecule has 0 heterocycles. The maximum atomic E-state index is 5.70. The second-order valence-corrected chi connectivity index (χ2v) is 4.92. The lowest BCUT2D eigenvalue weighted by Gasteiger charge is -2.26. The van der Waals surface area contributed by atoms with Gasteiger partial charge in [0.15, 0.2) is 0 Å². The Bertz CT molecular complexity index is 322. The van der Waals surface area contributed by atoms with Gasteiger partial charge in [-0.25, -0.2) is 0 Å². The van der Waals surface area contributed by atoms with Crippen molar-refractivity contribution in [3.05, 3.63) is 29.8 Å². The lowest BCUT2D eigenvalue weighted by atomic mass is 10.1. The SMILES string of the molecule is CCCOCCN(Cc1ccc(N)cc1)C(C)C. The van der Waals surface area contributed by atoms with E-state index in [0.717, 1.165) is 38.4 Å². The first-order valence-electron chi connectivity index (χ1n) is 6.79. The van der Waals surface area contributed by atoms with Crippen LogP contribution in [0.2, 0.25) is 0 Å². The van der Waals surface area contributed by atoms with Crippen molar-refractivity contribution in [1.82, 2.24) is 4.90 Å². The van der Waals surface area contributed by atoms with Crippen LogP contribution in [0.5, 0.6) is 0 Å². The van der Waals surface area contributed by atoms with Gasteiger partial charge in [-0.15, -0.1) is 0 Å². The van der Waals surface area contributed by atoms with E-state index in [-0.39, 0.29) is 0 Å². The average Bonchev–Trinajstić information content (AvgIpc) is 2.35. The molecular weight excluding hydrogens is 224 g/mol. The molecule has 0 amide bonds. The minimum atomic E-state index is 0.521. The number of nitrogen functional groups attached to an aromatic ring is 1. The molecule has 0 aliphatic heterocycles. The molecule has 3 nitrogen and oxygen atoms in total. The molecule has 0 spiro atoms. The molecule has 1 aromatic carbocycles. The number of anilines is 1. The van der Waals surface area contributed by atoms with Crippen molar-refractivity contribution in [2.45, 2.75) is 39.8 Å². The van der Waals surface area contributed by atoms with Crippen molar-refractivity contribution in [2.24, 2.45) is 0 Å². The number of nitrogens with zero attached hydrogens (tertiary/aromatic N) is 1. The monoisotopic (exact) mass is 250 g/mol. The van der Waals surface area contributed by atoms with Crippen LogP contribution in [0.15, 0.2) is 24.3 Å². The average molecular weight is 250 g/mol. The zero-order valence-electron chi connectivity index (χ0n) is 11.9. The molecular formula is C15H26N2O. The molecule has 0 saturated heterocycles. The number of nitrogens with two attached hydrogens (primary N) is 1. The molecule has 18 heavy (non-hydrogen) atoms. The van der Waals surface area contributed by atoms with Gasteiger partial charge in [-0.3, -0.25) is 4.90 Å². The van der Waals surface area contributed by atoms with Gasteiger partial charge in [0.05, 0.1) is 6.61 Å². The van der Waals surface area contributed by atoms with Crippen LogP contribution in [0.1, 0.15) is 32.8 Å². The lowest BCUT2D eigenvalue weighted by Crippen LogP contribution is -2.33. The topological polar surface area (TPSA) is 38.5 Å². The summed E-state index contributed by atoms with van der Waals surface area (Å²) in [4.78, 5) is 2.42. The molecule has 0 atom stereocenters. The van der Waals surface area contributed by atoms with E-state index in [1.807, 2.05) is 12.1 Å². The van der Waals surface area contributed by atoms with Crippen molar-refractivity contribution in [3.63, 3.8) is 0 Å². The Morgan fingerprint density at radius 1 is 1.17 bits per heavy atom. The van der Waals surface area contributed by atoms with Gasteiger partial charge in [0.1, 0.15) is 0 Å². The smallest absolute Gasteiger partial charge is 0.0593 e. The van der Waals surface area contributed by atoms with Gasteiger partial charge < -0.3 is 10.5 Å². The Balaban J connectivity index is 2.44. The lowest BCUT2D eigenvalue weighted by molar-refractivity contribution is 0.0897. The third-order valence-electron chi connectivity index (χ3n) is 2.97. The Hall–Kier alpha value is -1.06. The maximum Gasteiger partial charge on any atom is 0.0593 e. The van der Waals surface area contributed by atoms with Crippen LogP contribution < -0.4 is 5.73 Å². The summed E-state index contributed by atoms with van der Waals surface area (Å²) in [6, 6.07) is 8.63. The second kappa shape index (κ2) is 8.11. The standard InChI is InChI=1S/C15H26N2O/c1-4-10-18-11-9-17(13(2)3)12-14-5-7-15(16)8-6-14/h5-8,13H,4,9-12,16H2,1-3H3. The van der Waals surface area contributed by atoms with E-state index >= 15 is 0 Å². The van der Waals surface area contributed by atoms with Gasteiger partial charge in [0.25, 0.3) is 0 Å². The first-order chi connectivity index (χ1) is 8.63. The number of rotatable bonds is 8. The summed E-state index contributed by atoms with van der Waals surface area (Å²) < 4.78 is 5.56. The highest BCUT2D eigenvalue weighted by atomic mass is 16.5. The molecule has 102 valence electrons. The van der Waals surface area contributed by atoms with Gasteiger partial charge in [-0.2, -0.15) is 0 Å². The molecule has 0 radical (unpaired) electrons. The molecule has 1 aromatic rings. The number of ether oxygens (including phenoxy) is 1. The fraction of sp³-hybridized carbons (Fsp3) is 0.600. The summed E-state index contributed by atoms with van der Waals surface area (Å²) >= 11 is 0. The van der Waals surface area contributed by atoms with E-state index in [1.165, 1.54) is 5.56 Å². The van der Waals surface area contributed by atoms with E-state index in [0.29, 0.717) is 6.04 Å². The van der Waals surface area contributed by atoms with E-state index in [4.69, 9.17) is 10.5 Å². The predicted molar refractivity (Wildman–Crippen MR) is 77.5 cm³/mol. The van der Waals surface area contributed by atoms with Crippen molar-refractivity contribution in [3.8, 4) is 0 Å². The first kappa shape index (κ1) is 15.0. The molecule has 0 fully saturated rings. The largest absolute Gasteiger partial charge is 0.399 e. The van der Waals surface area contributed by atoms with E-state index in [9.17, 15) is 0 Å². The van der Waals surface area contributed by atoms with Gasteiger partial charge in [0, 0.05) is 31.4 Å². The quantitative estimate of drug-likeness (QED) is 0.569. The third kappa shape index (κ3) is 5.52. The van der Waals surface area contributed by atoms with Crippen LogP contribution in [0.3, 0.4) is 0 Å². The number of hydrogen-bond donors (Lipinski definition) is 1. The van der Waals surface area contributed by atoms with Crippen molar-refractivity contribution < 1.29 is 4.74 Å². The van der Waals surface area contributed by atoms with E-state index in [2.05, 4.69) is 37.8 Å².